The Balaban J connectivity index is 2.11. The van der Waals surface area contributed by atoms with Gasteiger partial charge in [-0.3, -0.25) is 10.1 Å². The Labute approximate surface area is 115 Å². The van der Waals surface area contributed by atoms with E-state index in [1.165, 1.54) is 18.2 Å². The summed E-state index contributed by atoms with van der Waals surface area (Å²) in [6.07, 6.45) is 1.73. The molecule has 0 radical (unpaired) electrons. The number of ether oxygens (including phenoxy) is 1. The van der Waals surface area contributed by atoms with E-state index in [2.05, 4.69) is 5.32 Å². The highest BCUT2D eigenvalue weighted by Gasteiger charge is 2.30. The van der Waals surface area contributed by atoms with Gasteiger partial charge in [-0.1, -0.05) is 0 Å². The highest BCUT2D eigenvalue weighted by Crippen LogP contribution is 2.30. The van der Waals surface area contributed by atoms with Crippen molar-refractivity contribution < 1.29 is 19.6 Å². The van der Waals surface area contributed by atoms with Crippen LogP contribution in [0, 0.1) is 10.1 Å². The van der Waals surface area contributed by atoms with Crippen LogP contribution in [0.25, 0.3) is 0 Å². The van der Waals surface area contributed by atoms with Crippen molar-refractivity contribution in [3.05, 3.63) is 33.9 Å². The molecule has 0 heterocycles. The summed E-state index contributed by atoms with van der Waals surface area (Å²) >= 11 is 0. The van der Waals surface area contributed by atoms with Crippen molar-refractivity contribution in [3.8, 4) is 0 Å². The van der Waals surface area contributed by atoms with Gasteiger partial charge in [0.05, 0.1) is 22.3 Å². The number of carboxylic acids is 1. The molecule has 0 amide bonds. The van der Waals surface area contributed by atoms with E-state index in [4.69, 9.17) is 9.84 Å². The molecule has 1 aromatic carbocycles. The fourth-order valence-electron chi connectivity index (χ4n) is 2.23. The first-order valence-electron chi connectivity index (χ1n) is 6.41. The maximum absolute atomic E-state index is 11.1. The van der Waals surface area contributed by atoms with E-state index in [1.54, 1.807) is 0 Å². The van der Waals surface area contributed by atoms with Crippen LogP contribution in [0.1, 0.15) is 30.1 Å². The van der Waals surface area contributed by atoms with Crippen LogP contribution in [-0.2, 0) is 4.74 Å². The summed E-state index contributed by atoms with van der Waals surface area (Å²) in [5, 5.41) is 22.9. The van der Waals surface area contributed by atoms with Crippen LogP contribution in [0.2, 0.25) is 0 Å². The highest BCUT2D eigenvalue weighted by atomic mass is 16.6. The zero-order valence-electron chi connectivity index (χ0n) is 11.0. The van der Waals surface area contributed by atoms with Gasteiger partial charge in [0, 0.05) is 24.8 Å². The lowest BCUT2D eigenvalue weighted by Crippen LogP contribution is -2.41. The summed E-state index contributed by atoms with van der Waals surface area (Å²) in [7, 11) is 0. The van der Waals surface area contributed by atoms with Crippen molar-refractivity contribution in [2.45, 2.75) is 31.9 Å². The second-order valence-electron chi connectivity index (χ2n) is 4.68. The Kier molecular flexibility index (Phi) is 4.19. The molecule has 1 saturated carbocycles. The zero-order valence-corrected chi connectivity index (χ0v) is 11.0. The van der Waals surface area contributed by atoms with Crippen LogP contribution < -0.4 is 5.32 Å². The van der Waals surface area contributed by atoms with Crippen molar-refractivity contribution in [1.82, 2.24) is 0 Å². The summed E-state index contributed by atoms with van der Waals surface area (Å²) < 4.78 is 5.42. The van der Waals surface area contributed by atoms with Gasteiger partial charge in [0.2, 0.25) is 0 Å². The number of aromatic carboxylic acids is 1. The van der Waals surface area contributed by atoms with Crippen LogP contribution in [0.3, 0.4) is 0 Å². The van der Waals surface area contributed by atoms with Gasteiger partial charge in [0.15, 0.2) is 0 Å². The van der Waals surface area contributed by atoms with E-state index >= 15 is 0 Å². The number of non-ortho nitro benzene ring substituents is 1. The Morgan fingerprint density at radius 1 is 1.55 bits per heavy atom. The molecule has 1 aliphatic rings. The molecule has 20 heavy (non-hydrogen) atoms. The standard InChI is InChI=1S/C13H16N2O5/c1-2-20-10-5-8(6-10)14-12-7-9(15(18)19)3-4-11(12)13(16)17/h3-4,7-8,10,14H,2,5-6H2,1H3,(H,16,17). The molecule has 7 heteroatoms. The molecule has 0 spiro atoms. The monoisotopic (exact) mass is 280 g/mol. The molecule has 0 atom stereocenters. The van der Waals surface area contributed by atoms with Crippen LogP contribution in [-0.4, -0.2) is 34.8 Å². The van der Waals surface area contributed by atoms with Crippen molar-refractivity contribution in [2.24, 2.45) is 0 Å². The van der Waals surface area contributed by atoms with E-state index < -0.39 is 10.9 Å². The lowest BCUT2D eigenvalue weighted by Gasteiger charge is -2.36. The molecule has 108 valence electrons. The van der Waals surface area contributed by atoms with Gasteiger partial charge in [-0.15, -0.1) is 0 Å². The maximum Gasteiger partial charge on any atom is 0.337 e. The SMILES string of the molecule is CCOC1CC(Nc2cc([N+](=O)[O-])ccc2C(=O)O)C1. The molecule has 0 bridgehead atoms. The lowest BCUT2D eigenvalue weighted by molar-refractivity contribution is -0.384. The van der Waals surface area contributed by atoms with E-state index in [0.29, 0.717) is 6.61 Å². The zero-order chi connectivity index (χ0) is 14.7. The third-order valence-electron chi connectivity index (χ3n) is 3.30. The number of hydrogen-bond donors (Lipinski definition) is 2. The van der Waals surface area contributed by atoms with E-state index in [0.717, 1.165) is 12.8 Å². The molecule has 2 N–H and O–H groups in total. The van der Waals surface area contributed by atoms with E-state index in [9.17, 15) is 14.9 Å². The molecule has 7 nitrogen and oxygen atoms in total. The number of benzene rings is 1. The molecule has 0 aliphatic heterocycles. The summed E-state index contributed by atoms with van der Waals surface area (Å²) in [6, 6.07) is 3.80. The average Bonchev–Trinajstić information content (AvgIpc) is 2.35. The topological polar surface area (TPSA) is 102 Å². The van der Waals surface area contributed by atoms with Gasteiger partial charge < -0.3 is 15.2 Å². The number of carboxylic acid groups (broad SMARTS) is 1. The Hall–Kier alpha value is -2.15. The van der Waals surface area contributed by atoms with Gasteiger partial charge in [-0.05, 0) is 25.8 Å². The minimum atomic E-state index is -1.11. The first kappa shape index (κ1) is 14.3. The van der Waals surface area contributed by atoms with Gasteiger partial charge >= 0.3 is 5.97 Å². The fourth-order valence-corrected chi connectivity index (χ4v) is 2.23. The summed E-state index contributed by atoms with van der Waals surface area (Å²) in [5.74, 6) is -1.11. The second kappa shape index (κ2) is 5.87. The molecule has 0 unspecified atom stereocenters. The highest BCUT2D eigenvalue weighted by molar-refractivity contribution is 5.94. The number of rotatable bonds is 6. The number of nitrogens with one attached hydrogen (secondary N) is 1. The Bertz CT molecular complexity index is 525. The Morgan fingerprint density at radius 3 is 2.80 bits per heavy atom. The maximum atomic E-state index is 11.1. The largest absolute Gasteiger partial charge is 0.478 e. The molecule has 0 aromatic heterocycles. The van der Waals surface area contributed by atoms with Crippen molar-refractivity contribution >= 4 is 17.3 Å². The fraction of sp³-hybridized carbons (Fsp3) is 0.462. The molecule has 1 aromatic rings. The van der Waals surface area contributed by atoms with Gasteiger partial charge in [-0.25, -0.2) is 4.79 Å². The molecular weight excluding hydrogens is 264 g/mol. The third kappa shape index (κ3) is 3.05. The predicted octanol–water partition coefficient (Wildman–Crippen LogP) is 2.27. The molecule has 1 fully saturated rings. The number of carbonyl (C=O) groups is 1. The molecular formula is C13H16N2O5. The van der Waals surface area contributed by atoms with Gasteiger partial charge in [0.25, 0.3) is 5.69 Å². The summed E-state index contributed by atoms with van der Waals surface area (Å²) in [6.45, 7) is 2.57. The summed E-state index contributed by atoms with van der Waals surface area (Å²) in [5.41, 5.74) is 0.195. The number of nitro benzene ring substituents is 1. The van der Waals surface area contributed by atoms with Crippen LogP contribution >= 0.6 is 0 Å². The van der Waals surface area contributed by atoms with Crippen LogP contribution in [0.15, 0.2) is 18.2 Å². The minimum Gasteiger partial charge on any atom is -0.478 e. The summed E-state index contributed by atoms with van der Waals surface area (Å²) in [4.78, 5) is 21.3. The lowest BCUT2D eigenvalue weighted by atomic mass is 9.88. The van der Waals surface area contributed by atoms with Gasteiger partial charge in [0.1, 0.15) is 0 Å². The van der Waals surface area contributed by atoms with Crippen LogP contribution in [0.5, 0.6) is 0 Å². The number of nitrogens with zero attached hydrogens (tertiary/aromatic N) is 1. The predicted molar refractivity (Wildman–Crippen MR) is 72.1 cm³/mol. The first-order chi connectivity index (χ1) is 9.51. The molecule has 0 saturated heterocycles. The second-order valence-corrected chi connectivity index (χ2v) is 4.68. The smallest absolute Gasteiger partial charge is 0.337 e. The average molecular weight is 280 g/mol. The minimum absolute atomic E-state index is 0.0375. The molecule has 2 rings (SSSR count). The normalized spacial score (nSPS) is 21.1. The quantitative estimate of drug-likeness (QED) is 0.612. The first-order valence-corrected chi connectivity index (χ1v) is 6.41. The third-order valence-corrected chi connectivity index (χ3v) is 3.30. The Morgan fingerprint density at radius 2 is 2.25 bits per heavy atom. The molecule has 1 aliphatic carbocycles. The number of anilines is 1. The van der Waals surface area contributed by atoms with E-state index in [1.807, 2.05) is 6.92 Å². The van der Waals surface area contributed by atoms with Crippen molar-refractivity contribution in [3.63, 3.8) is 0 Å². The van der Waals surface area contributed by atoms with Crippen LogP contribution in [0.4, 0.5) is 11.4 Å². The van der Waals surface area contributed by atoms with Crippen molar-refractivity contribution in [1.29, 1.82) is 0 Å². The van der Waals surface area contributed by atoms with E-state index in [-0.39, 0.29) is 29.1 Å². The van der Waals surface area contributed by atoms with Crippen molar-refractivity contribution in [2.75, 3.05) is 11.9 Å². The van der Waals surface area contributed by atoms with Gasteiger partial charge in [-0.2, -0.15) is 0 Å². The number of hydrogen-bond acceptors (Lipinski definition) is 5. The number of nitro groups is 1.